The highest BCUT2D eigenvalue weighted by Gasteiger charge is 2.41. The van der Waals surface area contributed by atoms with E-state index in [1.165, 1.54) is 24.8 Å². The number of hydrogen-bond donors (Lipinski definition) is 1. The molecule has 2 amide bonds. The van der Waals surface area contributed by atoms with E-state index in [1.807, 2.05) is 4.90 Å². The Bertz CT molecular complexity index is 635. The van der Waals surface area contributed by atoms with Crippen molar-refractivity contribution in [1.82, 2.24) is 15.1 Å². The minimum absolute atomic E-state index is 0.0271. The van der Waals surface area contributed by atoms with E-state index in [4.69, 9.17) is 9.47 Å². The van der Waals surface area contributed by atoms with E-state index in [0.717, 1.165) is 45.8 Å². The van der Waals surface area contributed by atoms with Crippen LogP contribution in [0, 0.1) is 5.41 Å². The second-order valence-electron chi connectivity index (χ2n) is 8.58. The molecule has 1 aliphatic carbocycles. The van der Waals surface area contributed by atoms with Gasteiger partial charge in [0.25, 0.3) is 0 Å². The number of carbonyl (C=O) groups excluding carboxylic acids is 1. The molecule has 3 fully saturated rings. The molecule has 1 aromatic rings. The Morgan fingerprint density at radius 3 is 2.79 bits per heavy atom. The molecule has 154 valence electrons. The largest absolute Gasteiger partial charge is 0.379 e. The zero-order chi connectivity index (χ0) is 19.2. The lowest BCUT2D eigenvalue weighted by Gasteiger charge is -2.42. The van der Waals surface area contributed by atoms with Crippen molar-refractivity contribution in [2.75, 3.05) is 52.5 Å². The van der Waals surface area contributed by atoms with Gasteiger partial charge in [-0.05, 0) is 24.8 Å². The predicted octanol–water partition coefficient (Wildman–Crippen LogP) is 2.49. The maximum Gasteiger partial charge on any atom is 0.317 e. The van der Waals surface area contributed by atoms with Crippen LogP contribution in [0.1, 0.15) is 31.2 Å². The van der Waals surface area contributed by atoms with Crippen LogP contribution in [0.4, 0.5) is 4.79 Å². The Kier molecular flexibility index (Phi) is 6.50. The lowest BCUT2D eigenvalue weighted by atomic mass is 9.69. The first-order valence-corrected chi connectivity index (χ1v) is 10.7. The summed E-state index contributed by atoms with van der Waals surface area (Å²) in [7, 11) is 0. The third-order valence-corrected chi connectivity index (χ3v) is 6.31. The summed E-state index contributed by atoms with van der Waals surface area (Å²) in [5.74, 6) is 0. The second kappa shape index (κ2) is 9.25. The normalized spacial score (nSPS) is 25.6. The van der Waals surface area contributed by atoms with Gasteiger partial charge in [-0.15, -0.1) is 0 Å². The molecule has 2 saturated heterocycles. The fourth-order valence-corrected chi connectivity index (χ4v) is 4.54. The van der Waals surface area contributed by atoms with Crippen molar-refractivity contribution in [3.05, 3.63) is 35.9 Å². The molecule has 28 heavy (non-hydrogen) atoms. The molecule has 1 saturated carbocycles. The van der Waals surface area contributed by atoms with Crippen LogP contribution in [0.25, 0.3) is 0 Å². The van der Waals surface area contributed by atoms with Gasteiger partial charge in [-0.1, -0.05) is 36.8 Å². The molecule has 4 rings (SSSR count). The molecule has 0 aromatic heterocycles. The molecule has 3 aliphatic rings. The fraction of sp³-hybridized carbons (Fsp3) is 0.682. The van der Waals surface area contributed by atoms with Crippen LogP contribution in [0.5, 0.6) is 0 Å². The highest BCUT2D eigenvalue weighted by molar-refractivity contribution is 5.74. The van der Waals surface area contributed by atoms with Crippen LogP contribution in [-0.4, -0.2) is 74.5 Å². The Morgan fingerprint density at radius 2 is 2.00 bits per heavy atom. The van der Waals surface area contributed by atoms with Crippen molar-refractivity contribution in [3.63, 3.8) is 0 Å². The summed E-state index contributed by atoms with van der Waals surface area (Å²) < 4.78 is 11.8. The number of benzene rings is 1. The van der Waals surface area contributed by atoms with E-state index in [1.54, 1.807) is 0 Å². The maximum absolute atomic E-state index is 12.8. The average molecular weight is 388 g/mol. The summed E-state index contributed by atoms with van der Waals surface area (Å²) in [5.41, 5.74) is 1.53. The Balaban J connectivity index is 1.27. The highest BCUT2D eigenvalue weighted by Crippen LogP contribution is 2.42. The van der Waals surface area contributed by atoms with Gasteiger partial charge in [0.05, 0.1) is 19.3 Å². The van der Waals surface area contributed by atoms with Gasteiger partial charge in [0.2, 0.25) is 0 Å². The van der Waals surface area contributed by atoms with Crippen molar-refractivity contribution >= 4 is 6.03 Å². The van der Waals surface area contributed by atoms with Gasteiger partial charge in [0.1, 0.15) is 0 Å². The van der Waals surface area contributed by atoms with E-state index in [9.17, 15) is 4.79 Å². The minimum atomic E-state index is 0.0271. The summed E-state index contributed by atoms with van der Waals surface area (Å²) in [6, 6.07) is 10.6. The topological polar surface area (TPSA) is 54.0 Å². The molecule has 1 unspecified atom stereocenters. The van der Waals surface area contributed by atoms with Crippen LogP contribution in [0.2, 0.25) is 0 Å². The molecule has 1 atom stereocenters. The molecule has 2 heterocycles. The van der Waals surface area contributed by atoms with Crippen molar-refractivity contribution in [1.29, 1.82) is 0 Å². The summed E-state index contributed by atoms with van der Waals surface area (Å²) in [6.07, 6.45) is 4.68. The molecule has 0 bridgehead atoms. The molecule has 1 N–H and O–H groups in total. The number of hydrogen-bond acceptors (Lipinski definition) is 4. The first-order valence-electron chi connectivity index (χ1n) is 10.7. The molecule has 6 heteroatoms. The van der Waals surface area contributed by atoms with Crippen LogP contribution in [-0.2, 0) is 16.0 Å². The lowest BCUT2D eigenvalue weighted by molar-refractivity contribution is 0.0123. The lowest BCUT2D eigenvalue weighted by Crippen LogP contribution is -2.50. The number of urea groups is 1. The highest BCUT2D eigenvalue weighted by atomic mass is 16.5. The second-order valence-corrected chi connectivity index (χ2v) is 8.58. The van der Waals surface area contributed by atoms with E-state index in [-0.39, 0.29) is 17.6 Å². The van der Waals surface area contributed by atoms with Crippen molar-refractivity contribution in [2.45, 2.75) is 38.3 Å². The smallest absolute Gasteiger partial charge is 0.317 e. The summed E-state index contributed by atoms with van der Waals surface area (Å²) in [4.78, 5) is 17.2. The molecule has 6 nitrogen and oxygen atoms in total. The fourth-order valence-electron chi connectivity index (χ4n) is 4.54. The molecular formula is C22H33N3O3. The Morgan fingerprint density at radius 1 is 1.14 bits per heavy atom. The van der Waals surface area contributed by atoms with Gasteiger partial charge < -0.3 is 19.7 Å². The summed E-state index contributed by atoms with van der Waals surface area (Å²) >= 11 is 0. The number of rotatable bonds is 4. The van der Waals surface area contributed by atoms with Crippen LogP contribution in [0.15, 0.2) is 30.3 Å². The molecule has 0 radical (unpaired) electrons. The summed E-state index contributed by atoms with van der Waals surface area (Å²) in [5, 5.41) is 3.13. The van der Waals surface area contributed by atoms with Gasteiger partial charge in [-0.3, -0.25) is 4.90 Å². The maximum atomic E-state index is 12.8. The van der Waals surface area contributed by atoms with Crippen molar-refractivity contribution in [2.24, 2.45) is 5.41 Å². The van der Waals surface area contributed by atoms with E-state index < -0.39 is 0 Å². The van der Waals surface area contributed by atoms with E-state index >= 15 is 0 Å². The number of nitrogens with one attached hydrogen (secondary N) is 1. The van der Waals surface area contributed by atoms with Gasteiger partial charge in [0.15, 0.2) is 0 Å². The minimum Gasteiger partial charge on any atom is -0.379 e. The van der Waals surface area contributed by atoms with Gasteiger partial charge in [-0.2, -0.15) is 0 Å². The van der Waals surface area contributed by atoms with Crippen molar-refractivity contribution < 1.29 is 14.3 Å². The van der Waals surface area contributed by atoms with Gasteiger partial charge >= 0.3 is 6.03 Å². The van der Waals surface area contributed by atoms with Crippen LogP contribution >= 0.6 is 0 Å². The van der Waals surface area contributed by atoms with Crippen LogP contribution in [0.3, 0.4) is 0 Å². The van der Waals surface area contributed by atoms with Gasteiger partial charge in [-0.25, -0.2) is 4.79 Å². The average Bonchev–Trinajstić information content (AvgIpc) is 3.05. The van der Waals surface area contributed by atoms with Crippen LogP contribution < -0.4 is 5.32 Å². The Labute approximate surface area is 168 Å². The molecular weight excluding hydrogens is 354 g/mol. The first-order chi connectivity index (χ1) is 13.7. The summed E-state index contributed by atoms with van der Waals surface area (Å²) in [6.45, 7) is 7.08. The molecule has 1 aromatic carbocycles. The predicted molar refractivity (Wildman–Crippen MR) is 108 cm³/mol. The molecule has 1 spiro atoms. The quantitative estimate of drug-likeness (QED) is 0.863. The SMILES string of the molecule is O=C(NCC1CN(Cc2ccccc2)CCCO1)N1CCOCC2(CCC2)C1. The third-order valence-electron chi connectivity index (χ3n) is 6.31. The number of ether oxygens (including phenoxy) is 2. The zero-order valence-electron chi connectivity index (χ0n) is 16.8. The third kappa shape index (κ3) is 5.04. The standard InChI is InChI=1S/C22H33N3O3/c26-21(25-11-13-27-18-22(17-25)8-4-9-22)23-14-20-16-24(10-5-12-28-20)15-19-6-2-1-3-7-19/h1-3,6-7,20H,4-5,8-18H2,(H,23,26). The zero-order valence-corrected chi connectivity index (χ0v) is 16.8. The number of carbonyl (C=O) groups is 1. The number of nitrogens with zero attached hydrogens (tertiary/aromatic N) is 2. The monoisotopic (exact) mass is 387 g/mol. The molecule has 2 aliphatic heterocycles. The first kappa shape index (κ1) is 19.7. The van der Waals surface area contributed by atoms with E-state index in [2.05, 4.69) is 40.5 Å². The number of amides is 2. The van der Waals surface area contributed by atoms with Crippen molar-refractivity contribution in [3.8, 4) is 0 Å². The van der Waals surface area contributed by atoms with Gasteiger partial charge in [0, 0.05) is 51.3 Å². The Hall–Kier alpha value is -1.63. The van der Waals surface area contributed by atoms with E-state index in [0.29, 0.717) is 19.7 Å².